The number of aromatic nitrogens is 1. The maximum Gasteiger partial charge on any atom is 0.406 e. The van der Waals surface area contributed by atoms with Crippen LogP contribution in [0.3, 0.4) is 0 Å². The normalized spacial score (nSPS) is 17.5. The summed E-state index contributed by atoms with van der Waals surface area (Å²) in [6, 6.07) is 13.6. The van der Waals surface area contributed by atoms with Gasteiger partial charge in [-0.15, -0.1) is 0 Å². The lowest BCUT2D eigenvalue weighted by atomic mass is 9.80. The van der Waals surface area contributed by atoms with Crippen molar-refractivity contribution in [3.8, 4) is 11.1 Å². The van der Waals surface area contributed by atoms with Crippen molar-refractivity contribution < 1.29 is 36.2 Å². The fraction of sp³-hybridized carbons (Fsp3) is 0.400. The van der Waals surface area contributed by atoms with Crippen molar-refractivity contribution in [3.05, 3.63) is 89.2 Å². The van der Waals surface area contributed by atoms with Gasteiger partial charge in [-0.25, -0.2) is 0 Å². The summed E-state index contributed by atoms with van der Waals surface area (Å²) in [5.41, 5.74) is -0.774. The first-order chi connectivity index (χ1) is 19.2. The molecule has 0 unspecified atom stereocenters. The second-order valence-corrected chi connectivity index (χ2v) is 10.7. The Labute approximate surface area is 234 Å². The number of nitrogens with zero attached hydrogens (tertiary/aromatic N) is 3. The van der Waals surface area contributed by atoms with Crippen molar-refractivity contribution in [1.82, 2.24) is 14.8 Å². The molecule has 0 amide bonds. The number of halogens is 6. The largest absolute Gasteiger partial charge is 0.481 e. The first-order valence-corrected chi connectivity index (χ1v) is 13.1. The smallest absolute Gasteiger partial charge is 0.406 e. The van der Waals surface area contributed by atoms with E-state index in [1.807, 2.05) is 31.2 Å². The second kappa shape index (κ2) is 11.8. The quantitative estimate of drug-likeness (QED) is 0.305. The Hall–Kier alpha value is -3.44. The van der Waals surface area contributed by atoms with Crippen molar-refractivity contribution in [1.29, 1.82) is 0 Å². The summed E-state index contributed by atoms with van der Waals surface area (Å²) < 4.78 is 80.8. The van der Waals surface area contributed by atoms with Crippen LogP contribution in [-0.2, 0) is 23.3 Å². The average Bonchev–Trinajstić information content (AvgIpc) is 2.89. The highest BCUT2D eigenvalue weighted by Crippen LogP contribution is 2.51. The van der Waals surface area contributed by atoms with Gasteiger partial charge in [-0.2, -0.15) is 26.3 Å². The third-order valence-corrected chi connectivity index (χ3v) is 7.84. The van der Waals surface area contributed by atoms with Crippen LogP contribution in [-0.4, -0.2) is 63.9 Å². The monoisotopic (exact) mass is 579 g/mol. The molecule has 2 aromatic carbocycles. The van der Waals surface area contributed by atoms with E-state index in [9.17, 15) is 36.2 Å². The van der Waals surface area contributed by atoms with Gasteiger partial charge >= 0.3 is 18.3 Å². The zero-order valence-electron chi connectivity index (χ0n) is 22.6. The van der Waals surface area contributed by atoms with Crippen LogP contribution in [0.2, 0.25) is 0 Å². The van der Waals surface area contributed by atoms with E-state index in [1.165, 1.54) is 12.1 Å². The SMILES string of the molecule is Cc1cc(CN2CCN(Cc3ccncc3)[C@@H](CC(=O)O)C2)ccc1-c1ccc(C(C)(C(F)(F)F)C(F)(F)F)cc1. The molecule has 0 aliphatic carbocycles. The zero-order chi connectivity index (χ0) is 30.0. The summed E-state index contributed by atoms with van der Waals surface area (Å²) in [5.74, 6) is -0.867. The molecule has 1 fully saturated rings. The molecule has 0 bridgehead atoms. The number of carboxylic acids is 1. The van der Waals surface area contributed by atoms with Crippen LogP contribution >= 0.6 is 0 Å². The summed E-state index contributed by atoms with van der Waals surface area (Å²) >= 11 is 0. The van der Waals surface area contributed by atoms with Gasteiger partial charge < -0.3 is 5.11 Å². The van der Waals surface area contributed by atoms with Gasteiger partial charge in [0.05, 0.1) is 6.42 Å². The maximum atomic E-state index is 13.5. The molecular formula is C30H31F6N3O2. The van der Waals surface area contributed by atoms with Crippen molar-refractivity contribution in [2.75, 3.05) is 19.6 Å². The minimum absolute atomic E-state index is 0.0112. The molecule has 1 N–H and O–H groups in total. The molecule has 41 heavy (non-hydrogen) atoms. The van der Waals surface area contributed by atoms with Crippen LogP contribution < -0.4 is 0 Å². The van der Waals surface area contributed by atoms with Gasteiger partial charge in [0.1, 0.15) is 0 Å². The van der Waals surface area contributed by atoms with Crippen LogP contribution in [0, 0.1) is 6.92 Å². The van der Waals surface area contributed by atoms with E-state index in [4.69, 9.17) is 0 Å². The van der Waals surface area contributed by atoms with E-state index >= 15 is 0 Å². The van der Waals surface area contributed by atoms with Gasteiger partial charge in [0.15, 0.2) is 5.41 Å². The fourth-order valence-corrected chi connectivity index (χ4v) is 5.30. The van der Waals surface area contributed by atoms with Gasteiger partial charge in [-0.05, 0) is 59.4 Å². The lowest BCUT2D eigenvalue weighted by molar-refractivity contribution is -0.297. The van der Waals surface area contributed by atoms with Gasteiger partial charge in [0.25, 0.3) is 0 Å². The Kier molecular flexibility index (Phi) is 8.79. The Bertz CT molecular complexity index is 1330. The first kappa shape index (κ1) is 30.5. The molecular weight excluding hydrogens is 548 g/mol. The van der Waals surface area contributed by atoms with Crippen LogP contribution in [0.15, 0.2) is 67.0 Å². The third-order valence-electron chi connectivity index (χ3n) is 7.84. The molecule has 4 rings (SSSR count). The molecule has 11 heteroatoms. The molecule has 3 aromatic rings. The lowest BCUT2D eigenvalue weighted by Gasteiger charge is -2.41. The topological polar surface area (TPSA) is 56.7 Å². The molecule has 1 aromatic heterocycles. The Morgan fingerprint density at radius 3 is 2.10 bits per heavy atom. The van der Waals surface area contributed by atoms with E-state index < -0.39 is 29.3 Å². The Morgan fingerprint density at radius 1 is 0.902 bits per heavy atom. The number of aryl methyl sites for hydroxylation is 1. The van der Waals surface area contributed by atoms with Gasteiger partial charge in [-0.1, -0.05) is 42.5 Å². The van der Waals surface area contributed by atoms with E-state index in [-0.39, 0.29) is 19.4 Å². The molecule has 1 atom stereocenters. The fourth-order valence-electron chi connectivity index (χ4n) is 5.30. The molecule has 1 aliphatic rings. The molecule has 0 saturated carbocycles. The highest BCUT2D eigenvalue weighted by Gasteiger charge is 2.68. The number of alkyl halides is 6. The number of carbonyl (C=O) groups is 1. The third kappa shape index (κ3) is 6.73. The molecule has 2 heterocycles. The van der Waals surface area contributed by atoms with Gasteiger partial charge in [0.2, 0.25) is 0 Å². The van der Waals surface area contributed by atoms with Crippen LogP contribution in [0.5, 0.6) is 0 Å². The zero-order valence-corrected chi connectivity index (χ0v) is 22.6. The summed E-state index contributed by atoms with van der Waals surface area (Å²) in [5, 5.41) is 9.48. The minimum Gasteiger partial charge on any atom is -0.481 e. The molecule has 220 valence electrons. The second-order valence-electron chi connectivity index (χ2n) is 10.7. The van der Waals surface area contributed by atoms with Crippen molar-refractivity contribution in [2.24, 2.45) is 0 Å². The number of benzene rings is 2. The van der Waals surface area contributed by atoms with Crippen molar-refractivity contribution in [2.45, 2.75) is 57.2 Å². The number of carboxylic acid groups (broad SMARTS) is 1. The summed E-state index contributed by atoms with van der Waals surface area (Å²) in [7, 11) is 0. The average molecular weight is 580 g/mol. The summed E-state index contributed by atoms with van der Waals surface area (Å²) in [6.45, 7) is 5.20. The highest BCUT2D eigenvalue weighted by molar-refractivity contribution is 5.68. The molecule has 1 aliphatic heterocycles. The predicted molar refractivity (Wildman–Crippen MR) is 142 cm³/mol. The van der Waals surface area contributed by atoms with E-state index in [0.717, 1.165) is 35.4 Å². The number of piperazine rings is 1. The first-order valence-electron chi connectivity index (χ1n) is 13.1. The van der Waals surface area contributed by atoms with E-state index in [0.29, 0.717) is 37.3 Å². The van der Waals surface area contributed by atoms with Gasteiger partial charge in [-0.3, -0.25) is 19.6 Å². The lowest BCUT2D eigenvalue weighted by Crippen LogP contribution is -2.52. The molecule has 1 saturated heterocycles. The predicted octanol–water partition coefficient (Wildman–Crippen LogP) is 6.60. The summed E-state index contributed by atoms with van der Waals surface area (Å²) in [4.78, 5) is 19.9. The number of hydrogen-bond donors (Lipinski definition) is 1. The summed E-state index contributed by atoms with van der Waals surface area (Å²) in [6.07, 6.45) is -7.58. The number of hydrogen-bond acceptors (Lipinski definition) is 4. The van der Waals surface area contributed by atoms with Crippen LogP contribution in [0.25, 0.3) is 11.1 Å². The van der Waals surface area contributed by atoms with Gasteiger partial charge in [0, 0.05) is 51.2 Å². The van der Waals surface area contributed by atoms with E-state index in [2.05, 4.69) is 14.8 Å². The van der Waals surface area contributed by atoms with Crippen LogP contribution in [0.1, 0.15) is 35.6 Å². The Balaban J connectivity index is 1.47. The minimum atomic E-state index is -5.50. The maximum absolute atomic E-state index is 13.5. The number of rotatable bonds is 8. The molecule has 5 nitrogen and oxygen atoms in total. The number of aliphatic carboxylic acids is 1. The molecule has 0 spiro atoms. The van der Waals surface area contributed by atoms with Crippen molar-refractivity contribution in [3.63, 3.8) is 0 Å². The number of pyridine rings is 1. The molecule has 0 radical (unpaired) electrons. The van der Waals surface area contributed by atoms with Crippen LogP contribution in [0.4, 0.5) is 26.3 Å². The van der Waals surface area contributed by atoms with Crippen molar-refractivity contribution >= 4 is 5.97 Å². The standard InChI is InChI=1S/C30H31F6N3O2/c1-20-15-22(17-38-13-14-39(25(19-38)16-27(40)41)18-21-9-11-37-12-10-21)3-8-26(20)23-4-6-24(7-5-23)28(2,29(31,32)33)30(34,35)36/h3-12,15,25H,13-14,16-19H2,1-2H3,(H,40,41)/t25-/m0/s1. The Morgan fingerprint density at radius 2 is 1.54 bits per heavy atom. The highest BCUT2D eigenvalue weighted by atomic mass is 19.4. The van der Waals surface area contributed by atoms with E-state index in [1.54, 1.807) is 18.5 Å².